The lowest BCUT2D eigenvalue weighted by Gasteiger charge is -2.39. The molecule has 0 amide bonds. The number of aliphatic hydroxyl groups is 5. The number of ether oxygens (including phenoxy) is 5. The maximum atomic E-state index is 11.1. The summed E-state index contributed by atoms with van der Waals surface area (Å²) in [5, 5.41) is 106. The SMILES string of the molecule is COc1cc(-c2oc3cc(=[OH+])cc4oc(/C=C/c5c(O)cc(O)c6c5OC(c5ccc(O)c(O)c5)C(O)C6)cc(c2OC2OC(CO)C(O)C(O)C2O)c43)cc(OC)c1O. The molecule has 1 fully saturated rings. The van der Waals surface area contributed by atoms with Crippen molar-refractivity contribution in [2.75, 3.05) is 20.8 Å². The molecule has 7 atom stereocenters. The normalized spacial score (nSPS) is 22.8. The first-order valence-corrected chi connectivity index (χ1v) is 18.3. The van der Waals surface area contributed by atoms with Gasteiger partial charge >= 0.3 is 5.43 Å². The van der Waals surface area contributed by atoms with Crippen LogP contribution in [0, 0.1) is 0 Å². The van der Waals surface area contributed by atoms with E-state index in [2.05, 4.69) is 0 Å². The Kier molecular flexibility index (Phi) is 10.4. The monoisotopic (exact) mass is 831 g/mol. The number of aromatic hydroxyl groups is 5. The molecule has 1 saturated heterocycles. The van der Waals surface area contributed by atoms with Gasteiger partial charge in [0.2, 0.25) is 12.0 Å². The van der Waals surface area contributed by atoms with Crippen LogP contribution in [-0.2, 0) is 11.2 Å². The predicted octanol–water partition coefficient (Wildman–Crippen LogP) is 2.78. The molecule has 4 aromatic carbocycles. The molecule has 0 aliphatic carbocycles. The minimum atomic E-state index is -1.86. The number of hydrogen-bond acceptors (Lipinski definition) is 17. The molecule has 11 N–H and O–H groups in total. The van der Waals surface area contributed by atoms with E-state index in [0.717, 1.165) is 6.07 Å². The first-order valence-electron chi connectivity index (χ1n) is 18.3. The van der Waals surface area contributed by atoms with Crippen molar-refractivity contribution in [1.82, 2.24) is 0 Å². The molecular weight excluding hydrogens is 792 g/mol. The van der Waals surface area contributed by atoms with Crippen molar-refractivity contribution in [2.24, 2.45) is 0 Å². The van der Waals surface area contributed by atoms with E-state index in [4.69, 9.17) is 32.5 Å². The highest BCUT2D eigenvalue weighted by Crippen LogP contribution is 2.49. The maximum Gasteiger partial charge on any atom is 0.347 e. The van der Waals surface area contributed by atoms with Gasteiger partial charge < -0.3 is 83.6 Å². The lowest BCUT2D eigenvalue weighted by Crippen LogP contribution is -2.60. The number of rotatable bonds is 9. The Hall–Kier alpha value is -6.67. The van der Waals surface area contributed by atoms with E-state index < -0.39 is 61.0 Å². The smallest absolute Gasteiger partial charge is 0.347 e. The molecule has 2 aliphatic heterocycles. The average molecular weight is 832 g/mol. The third-order valence-corrected chi connectivity index (χ3v) is 10.4. The fourth-order valence-corrected chi connectivity index (χ4v) is 7.40. The average Bonchev–Trinajstić information content (AvgIpc) is 3.22. The standard InChI is InChI=1S/C42H38O18/c1-54-30-8-17(9-31(55-2)34(30)50)39-41(60-42-37(53)36(52)35(51)32(15-43)58-42)22-12-19(56-28-10-18(44)11-29(57-39)33(22)28)4-5-20-24(46)14-25(47)21-13-27(49)38(59-40(20)21)16-3-6-23(45)26(48)7-16/h3-12,14,27,32,35-38,42-43,45-53H,13,15H2,1-2H3/p+1/b5-4+. The van der Waals surface area contributed by atoms with Gasteiger partial charge in [-0.25, -0.2) is 0 Å². The molecule has 4 heterocycles. The summed E-state index contributed by atoms with van der Waals surface area (Å²) in [6.07, 6.45) is -8.08. The number of hydrogen-bond donors (Lipinski definition) is 10. The topological polar surface area (TPSA) is 296 Å². The van der Waals surface area contributed by atoms with Gasteiger partial charge in [0.1, 0.15) is 64.7 Å². The number of aliphatic hydroxyl groups excluding tert-OH is 5. The Morgan fingerprint density at radius 3 is 2.13 bits per heavy atom. The quantitative estimate of drug-likeness (QED) is 0.0740. The van der Waals surface area contributed by atoms with Crippen LogP contribution in [0.3, 0.4) is 0 Å². The third-order valence-electron chi connectivity index (χ3n) is 10.4. The Bertz CT molecular complexity index is 2690. The molecule has 0 bridgehead atoms. The molecule has 0 saturated carbocycles. The van der Waals surface area contributed by atoms with Gasteiger partial charge in [-0.1, -0.05) is 6.07 Å². The van der Waals surface area contributed by atoms with Gasteiger partial charge in [-0.05, 0) is 48.0 Å². The lowest BCUT2D eigenvalue weighted by molar-refractivity contribution is -0.277. The summed E-state index contributed by atoms with van der Waals surface area (Å²) < 4.78 is 41.4. The molecule has 0 radical (unpaired) electrons. The van der Waals surface area contributed by atoms with Crippen molar-refractivity contribution in [2.45, 2.75) is 49.3 Å². The van der Waals surface area contributed by atoms with Gasteiger partial charge in [0.15, 0.2) is 34.5 Å². The molecule has 7 unspecified atom stereocenters. The van der Waals surface area contributed by atoms with Crippen molar-refractivity contribution in [3.8, 4) is 63.1 Å². The molecule has 314 valence electrons. The van der Waals surface area contributed by atoms with Gasteiger partial charge in [-0.3, -0.25) is 4.79 Å². The zero-order chi connectivity index (χ0) is 42.7. The maximum absolute atomic E-state index is 11.1. The van der Waals surface area contributed by atoms with Gasteiger partial charge in [-0.15, -0.1) is 0 Å². The van der Waals surface area contributed by atoms with Crippen molar-refractivity contribution in [3.05, 3.63) is 82.5 Å². The molecule has 2 aromatic heterocycles. The lowest BCUT2D eigenvalue weighted by atomic mass is 9.92. The molecule has 18 heteroatoms. The predicted molar refractivity (Wildman–Crippen MR) is 207 cm³/mol. The van der Waals surface area contributed by atoms with Crippen LogP contribution in [0.15, 0.2) is 63.4 Å². The number of benzene rings is 4. The van der Waals surface area contributed by atoms with Crippen LogP contribution in [0.25, 0.3) is 45.4 Å². The number of phenols is 5. The highest BCUT2D eigenvalue weighted by atomic mass is 16.7. The minimum absolute atomic E-state index is 0.00822. The van der Waals surface area contributed by atoms with Crippen LogP contribution in [-0.4, -0.2) is 113 Å². The Morgan fingerprint density at radius 1 is 0.767 bits per heavy atom. The molecule has 2 aliphatic rings. The highest BCUT2D eigenvalue weighted by molar-refractivity contribution is 6.10. The first-order chi connectivity index (χ1) is 28.7. The van der Waals surface area contributed by atoms with E-state index in [9.17, 15) is 55.9 Å². The Balaban J connectivity index is 1.32. The highest BCUT2D eigenvalue weighted by Gasteiger charge is 2.45. The van der Waals surface area contributed by atoms with Gasteiger partial charge in [0.05, 0.1) is 50.0 Å². The number of fused-ring (bicyclic) bond motifs is 1. The second kappa shape index (κ2) is 15.5. The van der Waals surface area contributed by atoms with Gasteiger partial charge in [0, 0.05) is 29.0 Å². The van der Waals surface area contributed by atoms with Crippen LogP contribution in [0.4, 0.5) is 0 Å². The fraction of sp³-hybridized carbons (Fsp3) is 0.262. The summed E-state index contributed by atoms with van der Waals surface area (Å²) in [7, 11) is 2.62. The Morgan fingerprint density at radius 2 is 1.47 bits per heavy atom. The summed E-state index contributed by atoms with van der Waals surface area (Å²) in [5.74, 6) is -2.27. The first kappa shape index (κ1) is 40.1. The van der Waals surface area contributed by atoms with E-state index in [1.807, 2.05) is 0 Å². The van der Waals surface area contributed by atoms with E-state index in [1.54, 1.807) is 0 Å². The van der Waals surface area contributed by atoms with Crippen molar-refractivity contribution in [1.29, 1.82) is 0 Å². The molecular formula is C42H39O18+. The van der Waals surface area contributed by atoms with Crippen LogP contribution in [0.5, 0.6) is 51.7 Å². The van der Waals surface area contributed by atoms with Crippen molar-refractivity contribution < 1.29 is 88.4 Å². The van der Waals surface area contributed by atoms with Crippen LogP contribution < -0.4 is 24.4 Å². The molecule has 6 aromatic rings. The summed E-state index contributed by atoms with van der Waals surface area (Å²) >= 11 is 0. The van der Waals surface area contributed by atoms with E-state index in [-0.39, 0.29) is 102 Å². The third kappa shape index (κ3) is 6.89. The van der Waals surface area contributed by atoms with E-state index in [1.165, 1.54) is 74.9 Å². The molecule has 0 spiro atoms. The molecule has 60 heavy (non-hydrogen) atoms. The second-order valence-corrected chi connectivity index (χ2v) is 14.2. The summed E-state index contributed by atoms with van der Waals surface area (Å²) in [4.78, 5) is 10.8. The van der Waals surface area contributed by atoms with E-state index in [0.29, 0.717) is 5.56 Å². The van der Waals surface area contributed by atoms with Crippen LogP contribution >= 0.6 is 0 Å². The zero-order valence-electron chi connectivity index (χ0n) is 31.6. The molecule has 18 nitrogen and oxygen atoms in total. The fourth-order valence-electron chi connectivity index (χ4n) is 7.40. The van der Waals surface area contributed by atoms with Gasteiger partial charge in [0.25, 0.3) is 0 Å². The van der Waals surface area contributed by atoms with Crippen LogP contribution in [0.1, 0.15) is 28.6 Å². The minimum Gasteiger partial charge on any atom is -0.507 e. The number of phenolic OH excluding ortho intramolecular Hbond substituents is 5. The van der Waals surface area contributed by atoms with Crippen molar-refractivity contribution >= 4 is 34.1 Å². The second-order valence-electron chi connectivity index (χ2n) is 14.2. The number of methoxy groups -OCH3 is 2. The van der Waals surface area contributed by atoms with E-state index >= 15 is 0 Å². The summed E-state index contributed by atoms with van der Waals surface area (Å²) in [6, 6.07) is 11.8. The zero-order valence-corrected chi connectivity index (χ0v) is 31.6. The Labute approximate surface area is 337 Å². The largest absolute Gasteiger partial charge is 0.507 e. The van der Waals surface area contributed by atoms with Crippen LogP contribution in [0.2, 0.25) is 0 Å². The summed E-state index contributed by atoms with van der Waals surface area (Å²) in [6.45, 7) is -0.750. The van der Waals surface area contributed by atoms with Crippen molar-refractivity contribution in [3.63, 3.8) is 0 Å². The van der Waals surface area contributed by atoms with Gasteiger partial charge in [-0.2, -0.15) is 0 Å². The summed E-state index contributed by atoms with van der Waals surface area (Å²) in [5.41, 5.74) is 0.502. The molecule has 8 rings (SSSR count).